The number of carboxylic acid groups (broad SMARTS) is 2. The van der Waals surface area contributed by atoms with Gasteiger partial charge in [0.25, 0.3) is 0 Å². The molecule has 0 atom stereocenters. The average Bonchev–Trinajstić information content (AvgIpc) is 3.79. The molecular formula is C35H50N4O7. The molecule has 0 unspecified atom stereocenters. The van der Waals surface area contributed by atoms with Crippen LogP contribution in [0.25, 0.3) is 0 Å². The predicted octanol–water partition coefficient (Wildman–Crippen LogP) is 5.08. The number of methoxy groups -OCH3 is 1. The Hall–Kier alpha value is -4.09. The second kappa shape index (κ2) is 20.8. The van der Waals surface area contributed by atoms with Gasteiger partial charge in [0, 0.05) is 37.5 Å². The number of anilines is 1. The molecule has 2 aromatic carbocycles. The van der Waals surface area contributed by atoms with Gasteiger partial charge in [-0.2, -0.15) is 0 Å². The third-order valence-corrected chi connectivity index (χ3v) is 7.99. The second-order valence-electron chi connectivity index (χ2n) is 11.4. The van der Waals surface area contributed by atoms with Crippen molar-refractivity contribution in [3.63, 3.8) is 0 Å². The predicted molar refractivity (Wildman–Crippen MR) is 179 cm³/mol. The fourth-order valence-electron chi connectivity index (χ4n) is 5.63. The van der Waals surface area contributed by atoms with Crippen molar-refractivity contribution in [2.45, 2.75) is 44.9 Å². The van der Waals surface area contributed by atoms with Crippen LogP contribution >= 0.6 is 0 Å². The van der Waals surface area contributed by atoms with Gasteiger partial charge in [0.05, 0.1) is 13.7 Å². The molecule has 2 N–H and O–H groups in total. The van der Waals surface area contributed by atoms with E-state index < -0.39 is 11.9 Å². The summed E-state index contributed by atoms with van der Waals surface area (Å²) in [5.41, 5.74) is 0.902. The first-order valence-corrected chi connectivity index (χ1v) is 16.3. The van der Waals surface area contributed by atoms with Crippen LogP contribution in [-0.4, -0.2) is 116 Å². The number of nitrogens with zero attached hydrogens (tertiary/aromatic N) is 4. The molecular weight excluding hydrogens is 588 g/mol. The third kappa shape index (κ3) is 13.9. The third-order valence-electron chi connectivity index (χ3n) is 7.99. The van der Waals surface area contributed by atoms with E-state index in [2.05, 4.69) is 14.7 Å². The summed E-state index contributed by atoms with van der Waals surface area (Å²) in [4.78, 5) is 42.3. The number of urea groups is 1. The summed E-state index contributed by atoms with van der Waals surface area (Å²) in [6.45, 7) is 9.69. The maximum absolute atomic E-state index is 14.1. The smallest absolute Gasteiger partial charge is 0.328 e. The Morgan fingerprint density at radius 2 is 1.24 bits per heavy atom. The highest BCUT2D eigenvalue weighted by atomic mass is 16.5. The molecule has 0 saturated carbocycles. The van der Waals surface area contributed by atoms with Crippen molar-refractivity contribution in [2.24, 2.45) is 0 Å². The molecule has 2 aliphatic rings. The molecule has 2 aliphatic heterocycles. The van der Waals surface area contributed by atoms with Crippen LogP contribution in [-0.2, 0) is 9.59 Å². The van der Waals surface area contributed by atoms with Gasteiger partial charge < -0.3 is 34.4 Å². The van der Waals surface area contributed by atoms with Gasteiger partial charge in [-0.05, 0) is 121 Å². The Kier molecular flexibility index (Phi) is 16.5. The van der Waals surface area contributed by atoms with Gasteiger partial charge in [-0.3, -0.25) is 4.90 Å². The lowest BCUT2D eigenvalue weighted by molar-refractivity contribution is -0.134. The number of hydrogen-bond donors (Lipinski definition) is 2. The Balaban J connectivity index is 0.000000637. The highest BCUT2D eigenvalue weighted by Crippen LogP contribution is 2.22. The van der Waals surface area contributed by atoms with E-state index in [4.69, 9.17) is 19.7 Å². The average molecular weight is 639 g/mol. The molecule has 0 aromatic heterocycles. The summed E-state index contributed by atoms with van der Waals surface area (Å²) in [6.07, 6.45) is 9.10. The topological polar surface area (TPSA) is 123 Å². The molecule has 2 fully saturated rings. The Morgan fingerprint density at radius 1 is 0.717 bits per heavy atom. The number of ether oxygens (including phenoxy) is 2. The summed E-state index contributed by atoms with van der Waals surface area (Å²) in [5, 5.41) is 15.6. The molecule has 4 rings (SSSR count). The highest BCUT2D eigenvalue weighted by Gasteiger charge is 2.23. The molecule has 0 aliphatic carbocycles. The number of carbonyl (C=O) groups excluding carboxylic acids is 1. The number of likely N-dealkylation sites (tertiary alicyclic amines) is 2. The zero-order valence-corrected chi connectivity index (χ0v) is 27.1. The number of para-hydroxylation sites is 1. The molecule has 2 aromatic rings. The van der Waals surface area contributed by atoms with Crippen molar-refractivity contribution in [3.8, 4) is 11.5 Å². The second-order valence-corrected chi connectivity index (χ2v) is 11.4. The van der Waals surface area contributed by atoms with E-state index in [0.717, 1.165) is 62.6 Å². The standard InChI is InChI=1S/C31H46N4O3.C4H4O4/c1-37-29-16-14-28(15-17-29)35(26-11-27-38-30-12-3-2-4-13-30)31(36)34(24-9-22-32-18-5-6-19-32)25-10-23-33-20-7-8-21-33;5-3(6)1-2-4(7)8/h2-4,12-17H,5-11,18-27H2,1H3;1-2H,(H,5,6)(H,7,8)/b;2-1-. The first-order valence-electron chi connectivity index (χ1n) is 16.3. The fourth-order valence-corrected chi connectivity index (χ4v) is 5.63. The monoisotopic (exact) mass is 638 g/mol. The lowest BCUT2D eigenvalue weighted by Crippen LogP contribution is -2.46. The Morgan fingerprint density at radius 3 is 1.72 bits per heavy atom. The first kappa shape index (κ1) is 36.4. The van der Waals surface area contributed by atoms with E-state index in [1.165, 1.54) is 51.9 Å². The minimum atomic E-state index is -1.26. The Bertz CT molecular complexity index is 1160. The molecule has 11 heteroatoms. The Labute approximate surface area is 273 Å². The van der Waals surface area contributed by atoms with E-state index in [1.54, 1.807) is 7.11 Å². The number of benzene rings is 2. The highest BCUT2D eigenvalue weighted by molar-refractivity contribution is 5.92. The van der Waals surface area contributed by atoms with Gasteiger partial charge in [0.15, 0.2) is 0 Å². The molecule has 2 amide bonds. The van der Waals surface area contributed by atoms with Crippen molar-refractivity contribution in [1.82, 2.24) is 14.7 Å². The van der Waals surface area contributed by atoms with Gasteiger partial charge >= 0.3 is 18.0 Å². The van der Waals surface area contributed by atoms with Crippen LogP contribution in [0.5, 0.6) is 11.5 Å². The SMILES string of the molecule is COc1ccc(N(CCCOc2ccccc2)C(=O)N(CCCN2CCCC2)CCCN2CCCC2)cc1.O=C(O)/C=C\C(=O)O. The van der Waals surface area contributed by atoms with Crippen molar-refractivity contribution < 1.29 is 34.1 Å². The van der Waals surface area contributed by atoms with Gasteiger partial charge in [-0.25, -0.2) is 14.4 Å². The normalized spacial score (nSPS) is 14.9. The maximum Gasteiger partial charge on any atom is 0.328 e. The quantitative estimate of drug-likeness (QED) is 0.181. The number of amides is 2. The molecule has 2 saturated heterocycles. The van der Waals surface area contributed by atoms with Crippen LogP contribution in [0, 0.1) is 0 Å². The minimum absolute atomic E-state index is 0.0951. The number of hydrogen-bond acceptors (Lipinski definition) is 7. The zero-order chi connectivity index (χ0) is 33.0. The van der Waals surface area contributed by atoms with Crippen LogP contribution in [0.2, 0.25) is 0 Å². The van der Waals surface area contributed by atoms with E-state index in [9.17, 15) is 14.4 Å². The van der Waals surface area contributed by atoms with Crippen molar-refractivity contribution in [1.29, 1.82) is 0 Å². The number of carbonyl (C=O) groups is 3. The molecule has 11 nitrogen and oxygen atoms in total. The van der Waals surface area contributed by atoms with Crippen molar-refractivity contribution >= 4 is 23.7 Å². The molecule has 252 valence electrons. The summed E-state index contributed by atoms with van der Waals surface area (Å²) >= 11 is 0. The summed E-state index contributed by atoms with van der Waals surface area (Å²) in [5.74, 6) is -0.860. The van der Waals surface area contributed by atoms with E-state index >= 15 is 0 Å². The largest absolute Gasteiger partial charge is 0.497 e. The lowest BCUT2D eigenvalue weighted by atomic mass is 10.2. The van der Waals surface area contributed by atoms with E-state index in [1.807, 2.05) is 59.5 Å². The molecule has 0 radical (unpaired) electrons. The van der Waals surface area contributed by atoms with Crippen molar-refractivity contribution in [3.05, 3.63) is 66.7 Å². The van der Waals surface area contributed by atoms with Crippen LogP contribution < -0.4 is 14.4 Å². The van der Waals surface area contributed by atoms with Crippen LogP contribution in [0.4, 0.5) is 10.5 Å². The molecule has 0 spiro atoms. The maximum atomic E-state index is 14.1. The van der Waals surface area contributed by atoms with Crippen LogP contribution in [0.1, 0.15) is 44.9 Å². The molecule has 46 heavy (non-hydrogen) atoms. The van der Waals surface area contributed by atoms with Gasteiger partial charge in [0.1, 0.15) is 11.5 Å². The van der Waals surface area contributed by atoms with E-state index in [-0.39, 0.29) is 6.03 Å². The van der Waals surface area contributed by atoms with E-state index in [0.29, 0.717) is 25.3 Å². The first-order chi connectivity index (χ1) is 22.4. The number of rotatable bonds is 17. The zero-order valence-electron chi connectivity index (χ0n) is 27.1. The van der Waals surface area contributed by atoms with Crippen LogP contribution in [0.15, 0.2) is 66.7 Å². The molecule has 2 heterocycles. The lowest BCUT2D eigenvalue weighted by Gasteiger charge is -2.32. The fraction of sp³-hybridized carbons (Fsp3) is 0.514. The van der Waals surface area contributed by atoms with Crippen molar-refractivity contribution in [2.75, 3.05) is 77.5 Å². The van der Waals surface area contributed by atoms with Crippen LogP contribution in [0.3, 0.4) is 0 Å². The number of aliphatic carboxylic acids is 2. The van der Waals surface area contributed by atoms with Gasteiger partial charge in [-0.1, -0.05) is 18.2 Å². The molecule has 0 bridgehead atoms. The van der Waals surface area contributed by atoms with Gasteiger partial charge in [-0.15, -0.1) is 0 Å². The number of carboxylic acids is 2. The summed E-state index contributed by atoms with van der Waals surface area (Å²) in [7, 11) is 1.67. The minimum Gasteiger partial charge on any atom is -0.497 e. The summed E-state index contributed by atoms with van der Waals surface area (Å²) < 4.78 is 11.3. The van der Waals surface area contributed by atoms with Gasteiger partial charge in [0.2, 0.25) is 0 Å². The summed E-state index contributed by atoms with van der Waals surface area (Å²) in [6, 6.07) is 17.8.